The van der Waals surface area contributed by atoms with E-state index in [1.165, 1.54) is 4.90 Å². The van der Waals surface area contributed by atoms with Crippen molar-refractivity contribution in [2.45, 2.75) is 39.0 Å². The lowest BCUT2D eigenvalue weighted by Crippen LogP contribution is -2.31. The number of unbranched alkanes of at least 4 members (excludes halogenated alkanes) is 3. The van der Waals surface area contributed by atoms with Gasteiger partial charge < -0.3 is 14.8 Å². The fraction of sp³-hybridized carbons (Fsp3) is 0.450. The maximum atomic E-state index is 12.5. The molecule has 1 aliphatic rings. The van der Waals surface area contributed by atoms with Crippen LogP contribution in [0.2, 0.25) is 0 Å². The molecule has 27 heavy (non-hydrogen) atoms. The van der Waals surface area contributed by atoms with E-state index in [0.717, 1.165) is 24.8 Å². The van der Waals surface area contributed by atoms with Gasteiger partial charge in [0.25, 0.3) is 5.91 Å². The van der Waals surface area contributed by atoms with Gasteiger partial charge in [-0.1, -0.05) is 31.0 Å². The number of methoxy groups -OCH3 is 1. The normalized spacial score (nSPS) is 15.2. The predicted molar refractivity (Wildman–Crippen MR) is 101 cm³/mol. The van der Waals surface area contributed by atoms with Gasteiger partial charge in [-0.2, -0.15) is 0 Å². The van der Waals surface area contributed by atoms with Crippen LogP contribution in [0.5, 0.6) is 5.75 Å². The highest BCUT2D eigenvalue weighted by Gasteiger charge is 2.33. The number of hydrogen-bond acceptors (Lipinski definition) is 5. The van der Waals surface area contributed by atoms with E-state index in [1.807, 2.05) is 18.2 Å². The zero-order valence-corrected chi connectivity index (χ0v) is 15.8. The maximum absolute atomic E-state index is 12.5. The minimum Gasteiger partial charge on any atom is -0.496 e. The van der Waals surface area contributed by atoms with Gasteiger partial charge >= 0.3 is 12.0 Å². The molecule has 2 rings (SSSR count). The summed E-state index contributed by atoms with van der Waals surface area (Å²) < 4.78 is 10.1. The molecule has 1 saturated heterocycles. The van der Waals surface area contributed by atoms with Crippen molar-refractivity contribution < 1.29 is 23.9 Å². The fourth-order valence-corrected chi connectivity index (χ4v) is 2.84. The highest BCUT2D eigenvalue weighted by molar-refractivity contribution is 6.14. The van der Waals surface area contributed by atoms with Crippen LogP contribution in [0.15, 0.2) is 30.0 Å². The molecule has 0 radical (unpaired) electrons. The van der Waals surface area contributed by atoms with Crippen LogP contribution in [-0.2, 0) is 14.3 Å². The van der Waals surface area contributed by atoms with Crippen LogP contribution in [0.25, 0.3) is 6.08 Å². The minimum absolute atomic E-state index is 0.183. The first-order valence-electron chi connectivity index (χ1n) is 9.20. The van der Waals surface area contributed by atoms with E-state index < -0.39 is 6.03 Å². The molecule has 1 aliphatic heterocycles. The topological polar surface area (TPSA) is 84.9 Å². The fourth-order valence-electron chi connectivity index (χ4n) is 2.84. The summed E-state index contributed by atoms with van der Waals surface area (Å²) in [6.07, 6.45) is 5.16. The van der Waals surface area contributed by atoms with Gasteiger partial charge in [-0.25, -0.2) is 4.79 Å². The molecular formula is C20H26N2O5. The van der Waals surface area contributed by atoms with Crippen LogP contribution in [-0.4, -0.2) is 43.1 Å². The van der Waals surface area contributed by atoms with Crippen molar-refractivity contribution in [1.29, 1.82) is 0 Å². The largest absolute Gasteiger partial charge is 0.496 e. The van der Waals surface area contributed by atoms with Gasteiger partial charge in [0, 0.05) is 18.5 Å². The number of urea groups is 1. The highest BCUT2D eigenvalue weighted by atomic mass is 16.5. The standard InChI is InChI=1S/C20H26N2O5/c1-3-27-18(23)12-6-4-5-9-13-22-19(24)16(21-20(22)25)14-15-10-7-8-11-17(15)26-2/h7-8,10-11,14H,3-6,9,12-13H2,1-2H3,(H,21,25). The Balaban J connectivity index is 1.82. The molecule has 1 N–H and O–H groups in total. The number of imide groups is 1. The zero-order valence-electron chi connectivity index (χ0n) is 15.8. The van der Waals surface area contributed by atoms with E-state index in [2.05, 4.69) is 5.32 Å². The number of amides is 3. The third-order valence-corrected chi connectivity index (χ3v) is 4.22. The Morgan fingerprint density at radius 2 is 1.89 bits per heavy atom. The number of carbonyl (C=O) groups is 3. The van der Waals surface area contributed by atoms with Crippen molar-refractivity contribution in [2.75, 3.05) is 20.3 Å². The number of esters is 1. The second-order valence-electron chi connectivity index (χ2n) is 6.16. The molecule has 1 aromatic rings. The Morgan fingerprint density at radius 3 is 2.63 bits per heavy atom. The third kappa shape index (κ3) is 5.84. The van der Waals surface area contributed by atoms with Crippen LogP contribution < -0.4 is 10.1 Å². The van der Waals surface area contributed by atoms with E-state index in [0.29, 0.717) is 31.7 Å². The first kappa shape index (κ1) is 20.5. The Morgan fingerprint density at radius 1 is 1.15 bits per heavy atom. The second-order valence-corrected chi connectivity index (χ2v) is 6.16. The Labute approximate surface area is 159 Å². The van der Waals surface area contributed by atoms with Gasteiger partial charge in [-0.15, -0.1) is 0 Å². The van der Waals surface area contributed by atoms with Crippen LogP contribution in [0.1, 0.15) is 44.6 Å². The second kappa shape index (κ2) is 10.4. The monoisotopic (exact) mass is 374 g/mol. The van der Waals surface area contributed by atoms with Crippen LogP contribution in [0.3, 0.4) is 0 Å². The van der Waals surface area contributed by atoms with Gasteiger partial charge in [0.2, 0.25) is 0 Å². The lowest BCUT2D eigenvalue weighted by molar-refractivity contribution is -0.143. The van der Waals surface area contributed by atoms with Crippen molar-refractivity contribution in [3.05, 3.63) is 35.5 Å². The Bertz CT molecular complexity index is 714. The van der Waals surface area contributed by atoms with Gasteiger partial charge in [0.1, 0.15) is 11.4 Å². The molecule has 0 aromatic heterocycles. The summed E-state index contributed by atoms with van der Waals surface area (Å²) in [5.74, 6) is 0.113. The zero-order chi connectivity index (χ0) is 19.6. The quantitative estimate of drug-likeness (QED) is 0.294. The van der Waals surface area contributed by atoms with E-state index >= 15 is 0 Å². The number of hydrogen-bond donors (Lipinski definition) is 1. The lowest BCUT2D eigenvalue weighted by Gasteiger charge is -2.11. The molecule has 7 heteroatoms. The number of nitrogens with zero attached hydrogens (tertiary/aromatic N) is 1. The smallest absolute Gasteiger partial charge is 0.329 e. The van der Waals surface area contributed by atoms with Gasteiger partial charge in [0.05, 0.1) is 13.7 Å². The third-order valence-electron chi connectivity index (χ3n) is 4.22. The van der Waals surface area contributed by atoms with Crippen molar-refractivity contribution in [3.63, 3.8) is 0 Å². The van der Waals surface area contributed by atoms with Gasteiger partial charge in [-0.3, -0.25) is 14.5 Å². The summed E-state index contributed by atoms with van der Waals surface area (Å²) in [4.78, 5) is 37.0. The molecule has 1 aromatic carbocycles. The number of benzene rings is 1. The highest BCUT2D eigenvalue weighted by Crippen LogP contribution is 2.22. The SMILES string of the molecule is CCOC(=O)CCCCCCN1C(=O)NC(=Cc2ccccc2OC)C1=O. The van der Waals surface area contributed by atoms with E-state index in [9.17, 15) is 14.4 Å². The summed E-state index contributed by atoms with van der Waals surface area (Å²) in [6.45, 7) is 2.54. The van der Waals surface area contributed by atoms with Crippen LogP contribution in [0, 0.1) is 0 Å². The summed E-state index contributed by atoms with van der Waals surface area (Å²) >= 11 is 0. The van der Waals surface area contributed by atoms with Crippen molar-refractivity contribution >= 4 is 24.0 Å². The van der Waals surface area contributed by atoms with Crippen LogP contribution in [0.4, 0.5) is 4.79 Å². The number of nitrogens with one attached hydrogen (secondary N) is 1. The van der Waals surface area contributed by atoms with Gasteiger partial charge in [0.15, 0.2) is 0 Å². The minimum atomic E-state index is -0.410. The number of para-hydroxylation sites is 1. The molecule has 146 valence electrons. The average Bonchev–Trinajstić information content (AvgIpc) is 2.92. The van der Waals surface area contributed by atoms with E-state index in [-0.39, 0.29) is 17.6 Å². The summed E-state index contributed by atoms with van der Waals surface area (Å²) in [5, 5.41) is 2.62. The summed E-state index contributed by atoms with van der Waals surface area (Å²) in [5.41, 5.74) is 0.969. The molecule has 1 fully saturated rings. The molecule has 0 spiro atoms. The maximum Gasteiger partial charge on any atom is 0.329 e. The molecule has 0 bridgehead atoms. The molecule has 0 unspecified atom stereocenters. The van der Waals surface area contributed by atoms with Crippen molar-refractivity contribution in [1.82, 2.24) is 10.2 Å². The van der Waals surface area contributed by atoms with E-state index in [4.69, 9.17) is 9.47 Å². The number of carbonyl (C=O) groups excluding carboxylic acids is 3. The van der Waals surface area contributed by atoms with Gasteiger partial charge in [-0.05, 0) is 31.9 Å². The first-order valence-corrected chi connectivity index (χ1v) is 9.20. The molecule has 1 heterocycles. The number of ether oxygens (including phenoxy) is 2. The van der Waals surface area contributed by atoms with Crippen molar-refractivity contribution in [3.8, 4) is 5.75 Å². The van der Waals surface area contributed by atoms with Crippen LogP contribution >= 0.6 is 0 Å². The number of rotatable bonds is 10. The Hall–Kier alpha value is -2.83. The van der Waals surface area contributed by atoms with E-state index in [1.54, 1.807) is 26.2 Å². The van der Waals surface area contributed by atoms with Crippen molar-refractivity contribution in [2.24, 2.45) is 0 Å². The first-order chi connectivity index (χ1) is 13.1. The summed E-state index contributed by atoms with van der Waals surface area (Å²) in [6, 6.07) is 6.88. The lowest BCUT2D eigenvalue weighted by atomic mass is 10.1. The molecule has 0 atom stereocenters. The molecular weight excluding hydrogens is 348 g/mol. The molecule has 0 aliphatic carbocycles. The predicted octanol–water partition coefficient (Wildman–Crippen LogP) is 3.10. The molecule has 3 amide bonds. The molecule has 0 saturated carbocycles. The summed E-state index contributed by atoms with van der Waals surface area (Å²) in [7, 11) is 1.56. The average molecular weight is 374 g/mol. The Kier molecular flexibility index (Phi) is 7.85. The molecule has 7 nitrogen and oxygen atoms in total.